The number of rotatable bonds is 7. The summed E-state index contributed by atoms with van der Waals surface area (Å²) in [6.07, 6.45) is 0.611. The maximum Gasteiger partial charge on any atom is 0.408 e. The van der Waals surface area contributed by atoms with Crippen molar-refractivity contribution in [1.82, 2.24) is 10.6 Å². The number of hydrogen-bond acceptors (Lipinski definition) is 4. The lowest BCUT2D eigenvalue weighted by Crippen LogP contribution is -2.46. The standard InChI is InChI=1S/C19H29N3O4/c1-6-8-16(23)22-15-10-7-9-14(11-15)12-20-17(24)13(2)21-18(25)26-19(3,4)5/h7,9-11,13H,6,8,12H2,1-5H3,(H,20,24)(H,21,25)(H,22,23). The Morgan fingerprint density at radius 1 is 1.19 bits per heavy atom. The predicted octanol–water partition coefficient (Wildman–Crippen LogP) is 2.95. The Bertz CT molecular complexity index is 638. The quantitative estimate of drug-likeness (QED) is 0.694. The number of anilines is 1. The maximum absolute atomic E-state index is 12.1. The Labute approximate surface area is 154 Å². The molecule has 1 unspecified atom stereocenters. The van der Waals surface area contributed by atoms with E-state index in [2.05, 4.69) is 16.0 Å². The molecular formula is C19H29N3O4. The van der Waals surface area contributed by atoms with E-state index in [0.29, 0.717) is 12.1 Å². The van der Waals surface area contributed by atoms with Gasteiger partial charge < -0.3 is 20.7 Å². The summed E-state index contributed by atoms with van der Waals surface area (Å²) in [5, 5.41) is 8.06. The fraction of sp³-hybridized carbons (Fsp3) is 0.526. The van der Waals surface area contributed by atoms with Gasteiger partial charge in [-0.3, -0.25) is 9.59 Å². The van der Waals surface area contributed by atoms with E-state index in [1.807, 2.05) is 19.1 Å². The van der Waals surface area contributed by atoms with Crippen molar-refractivity contribution in [3.8, 4) is 0 Å². The molecule has 0 aromatic heterocycles. The molecule has 26 heavy (non-hydrogen) atoms. The van der Waals surface area contributed by atoms with Gasteiger partial charge >= 0.3 is 6.09 Å². The van der Waals surface area contributed by atoms with Gasteiger partial charge in [-0.1, -0.05) is 19.1 Å². The van der Waals surface area contributed by atoms with Crippen LogP contribution < -0.4 is 16.0 Å². The molecule has 0 saturated carbocycles. The fourth-order valence-electron chi connectivity index (χ4n) is 2.10. The summed E-state index contributed by atoms with van der Waals surface area (Å²) in [4.78, 5) is 35.5. The summed E-state index contributed by atoms with van der Waals surface area (Å²) in [5.41, 5.74) is 0.912. The molecule has 1 rings (SSSR count). The second-order valence-corrected chi connectivity index (χ2v) is 7.08. The molecule has 0 heterocycles. The molecule has 144 valence electrons. The van der Waals surface area contributed by atoms with Crippen molar-refractivity contribution < 1.29 is 19.1 Å². The van der Waals surface area contributed by atoms with Crippen molar-refractivity contribution in [3.05, 3.63) is 29.8 Å². The van der Waals surface area contributed by atoms with Crippen molar-refractivity contribution in [2.75, 3.05) is 5.32 Å². The average Bonchev–Trinajstić information content (AvgIpc) is 2.51. The first-order valence-corrected chi connectivity index (χ1v) is 8.76. The summed E-state index contributed by atoms with van der Waals surface area (Å²) >= 11 is 0. The molecule has 0 aliphatic rings. The number of hydrogen-bond donors (Lipinski definition) is 3. The van der Waals surface area contributed by atoms with Gasteiger partial charge in [-0.2, -0.15) is 0 Å². The summed E-state index contributed by atoms with van der Waals surface area (Å²) in [6.45, 7) is 9.08. The Morgan fingerprint density at radius 2 is 1.88 bits per heavy atom. The number of amides is 3. The molecule has 3 amide bonds. The molecule has 1 aromatic carbocycles. The lowest BCUT2D eigenvalue weighted by Gasteiger charge is -2.21. The molecule has 1 atom stereocenters. The van der Waals surface area contributed by atoms with Crippen LogP contribution in [0.1, 0.15) is 53.0 Å². The van der Waals surface area contributed by atoms with E-state index in [1.54, 1.807) is 39.8 Å². The Morgan fingerprint density at radius 3 is 2.50 bits per heavy atom. The van der Waals surface area contributed by atoms with Crippen LogP contribution in [0.5, 0.6) is 0 Å². The maximum atomic E-state index is 12.1. The van der Waals surface area contributed by atoms with E-state index in [1.165, 1.54) is 0 Å². The molecule has 0 aliphatic carbocycles. The minimum atomic E-state index is -0.725. The zero-order valence-electron chi connectivity index (χ0n) is 16.1. The highest BCUT2D eigenvalue weighted by Crippen LogP contribution is 2.11. The van der Waals surface area contributed by atoms with Gasteiger partial charge in [0, 0.05) is 18.7 Å². The van der Waals surface area contributed by atoms with Gasteiger partial charge in [0.15, 0.2) is 0 Å². The number of nitrogens with one attached hydrogen (secondary N) is 3. The SMILES string of the molecule is CCCC(=O)Nc1cccc(CNC(=O)C(C)NC(=O)OC(C)(C)C)c1. The highest BCUT2D eigenvalue weighted by atomic mass is 16.6. The van der Waals surface area contributed by atoms with Crippen molar-refractivity contribution in [1.29, 1.82) is 0 Å². The molecule has 0 fully saturated rings. The summed E-state index contributed by atoms with van der Waals surface area (Å²) < 4.78 is 5.12. The van der Waals surface area contributed by atoms with Crippen LogP contribution in [0, 0.1) is 0 Å². The van der Waals surface area contributed by atoms with Gasteiger partial charge in [0.1, 0.15) is 11.6 Å². The molecule has 7 nitrogen and oxygen atoms in total. The lowest BCUT2D eigenvalue weighted by atomic mass is 10.2. The van der Waals surface area contributed by atoms with Gasteiger partial charge in [0.25, 0.3) is 0 Å². The van der Waals surface area contributed by atoms with Crippen LogP contribution in [0.4, 0.5) is 10.5 Å². The van der Waals surface area contributed by atoms with Crippen LogP contribution >= 0.6 is 0 Å². The van der Waals surface area contributed by atoms with Crippen molar-refractivity contribution in [2.24, 2.45) is 0 Å². The monoisotopic (exact) mass is 363 g/mol. The van der Waals surface area contributed by atoms with Crippen LogP contribution in [-0.4, -0.2) is 29.6 Å². The van der Waals surface area contributed by atoms with Gasteiger partial charge in [-0.15, -0.1) is 0 Å². The molecule has 3 N–H and O–H groups in total. The van der Waals surface area contributed by atoms with E-state index >= 15 is 0 Å². The number of alkyl carbamates (subject to hydrolysis) is 1. The number of ether oxygens (including phenoxy) is 1. The first-order valence-electron chi connectivity index (χ1n) is 8.76. The molecule has 0 bridgehead atoms. The highest BCUT2D eigenvalue weighted by molar-refractivity contribution is 5.90. The van der Waals surface area contributed by atoms with Gasteiger partial charge in [-0.05, 0) is 51.8 Å². The minimum Gasteiger partial charge on any atom is -0.444 e. The molecule has 0 radical (unpaired) electrons. The first kappa shape index (κ1) is 21.5. The predicted molar refractivity (Wildman–Crippen MR) is 101 cm³/mol. The molecule has 0 saturated heterocycles. The van der Waals surface area contributed by atoms with Crippen LogP contribution in [0.25, 0.3) is 0 Å². The second kappa shape index (κ2) is 9.79. The van der Waals surface area contributed by atoms with Crippen molar-refractivity contribution in [3.63, 3.8) is 0 Å². The number of benzene rings is 1. The topological polar surface area (TPSA) is 96.5 Å². The third-order valence-corrected chi connectivity index (χ3v) is 3.28. The van der Waals surface area contributed by atoms with Gasteiger partial charge in [0.2, 0.25) is 11.8 Å². The molecule has 7 heteroatoms. The minimum absolute atomic E-state index is 0.0381. The average molecular weight is 363 g/mol. The largest absolute Gasteiger partial charge is 0.444 e. The first-order chi connectivity index (χ1) is 12.1. The molecule has 0 aliphatic heterocycles. The highest BCUT2D eigenvalue weighted by Gasteiger charge is 2.20. The van der Waals surface area contributed by atoms with E-state index < -0.39 is 17.7 Å². The number of carbonyl (C=O) groups is 3. The van der Waals surface area contributed by atoms with E-state index in [4.69, 9.17) is 4.74 Å². The van der Waals surface area contributed by atoms with E-state index in [0.717, 1.165) is 12.0 Å². The van der Waals surface area contributed by atoms with Crippen LogP contribution in [0.2, 0.25) is 0 Å². The van der Waals surface area contributed by atoms with Crippen molar-refractivity contribution >= 4 is 23.6 Å². The third kappa shape index (κ3) is 8.50. The molecule has 1 aromatic rings. The van der Waals surface area contributed by atoms with Gasteiger partial charge in [0.05, 0.1) is 0 Å². The second-order valence-electron chi connectivity index (χ2n) is 7.08. The van der Waals surface area contributed by atoms with E-state index in [-0.39, 0.29) is 18.4 Å². The molecular weight excluding hydrogens is 334 g/mol. The van der Waals surface area contributed by atoms with E-state index in [9.17, 15) is 14.4 Å². The van der Waals surface area contributed by atoms with Crippen molar-refractivity contribution in [2.45, 2.75) is 65.6 Å². The Kier molecular flexibility index (Phi) is 8.09. The Balaban J connectivity index is 2.51. The normalized spacial score (nSPS) is 12.0. The van der Waals surface area contributed by atoms with Crippen LogP contribution in [-0.2, 0) is 20.9 Å². The number of carbonyl (C=O) groups excluding carboxylic acids is 3. The lowest BCUT2D eigenvalue weighted by molar-refractivity contribution is -0.123. The summed E-state index contributed by atoms with van der Waals surface area (Å²) in [5.74, 6) is -0.361. The van der Waals surface area contributed by atoms with Crippen LogP contribution in [0.15, 0.2) is 24.3 Å². The van der Waals surface area contributed by atoms with Crippen LogP contribution in [0.3, 0.4) is 0 Å². The van der Waals surface area contributed by atoms with Gasteiger partial charge in [-0.25, -0.2) is 4.79 Å². The zero-order valence-corrected chi connectivity index (χ0v) is 16.1. The summed E-state index contributed by atoms with van der Waals surface area (Å²) in [6, 6.07) is 6.54. The smallest absolute Gasteiger partial charge is 0.408 e. The fourth-order valence-corrected chi connectivity index (χ4v) is 2.10. The summed E-state index contributed by atoms with van der Waals surface area (Å²) in [7, 11) is 0. The zero-order chi connectivity index (χ0) is 19.7. The third-order valence-electron chi connectivity index (χ3n) is 3.28. The molecule has 0 spiro atoms. The Hall–Kier alpha value is -2.57.